The molecule has 1 saturated heterocycles. The summed E-state index contributed by atoms with van der Waals surface area (Å²) >= 11 is 2.77. The second kappa shape index (κ2) is 14.6. The Kier molecular flexibility index (Phi) is 9.75. The molecule has 4 amide bonds. The van der Waals surface area contributed by atoms with Crippen molar-refractivity contribution < 1.29 is 19.2 Å². The van der Waals surface area contributed by atoms with Crippen LogP contribution in [0, 0.1) is 0 Å². The number of hydrogen-bond donors (Lipinski definition) is 2. The Labute approximate surface area is 279 Å². The maximum absolute atomic E-state index is 13.3. The van der Waals surface area contributed by atoms with Crippen LogP contribution in [0.15, 0.2) is 147 Å². The van der Waals surface area contributed by atoms with Crippen LogP contribution in [0.3, 0.4) is 0 Å². The summed E-state index contributed by atoms with van der Waals surface area (Å²) in [6, 6.07) is 33.6. The van der Waals surface area contributed by atoms with Crippen molar-refractivity contribution in [3.8, 4) is 0 Å². The number of nitrogens with one attached hydrogen (secondary N) is 2. The molecule has 1 aromatic heterocycles. The number of anilines is 2. The van der Waals surface area contributed by atoms with Crippen molar-refractivity contribution in [2.45, 2.75) is 16.6 Å². The van der Waals surface area contributed by atoms with Crippen molar-refractivity contribution in [2.24, 2.45) is 10.2 Å². The Balaban J connectivity index is 1.08. The van der Waals surface area contributed by atoms with E-state index in [1.807, 2.05) is 53.2 Å². The first-order chi connectivity index (χ1) is 22.9. The number of hydrogen-bond acceptors (Lipinski definition) is 8. The van der Waals surface area contributed by atoms with Gasteiger partial charge in [-0.1, -0.05) is 36.4 Å². The molecule has 0 radical (unpaired) electrons. The minimum atomic E-state index is -0.589. The molecule has 2 N–H and O–H groups in total. The Hall–Kier alpha value is -5.65. The average Bonchev–Trinajstić information content (AvgIpc) is 3.72. The lowest BCUT2D eigenvalue weighted by molar-refractivity contribution is -0.121. The highest BCUT2D eigenvalue weighted by Gasteiger charge is 2.40. The number of thioether (sulfide) groups is 1. The van der Waals surface area contributed by atoms with E-state index in [9.17, 15) is 19.2 Å². The first-order valence-electron chi connectivity index (χ1n) is 14.5. The maximum Gasteiger partial charge on any atom is 0.272 e. The number of carbonyl (C=O) groups is 4. The first-order valence-corrected chi connectivity index (χ1v) is 16.4. The molecule has 9 nitrogen and oxygen atoms in total. The van der Waals surface area contributed by atoms with E-state index in [1.165, 1.54) is 28.0 Å². The predicted molar refractivity (Wildman–Crippen MR) is 185 cm³/mol. The first kappa shape index (κ1) is 31.3. The van der Waals surface area contributed by atoms with Gasteiger partial charge in [0.15, 0.2) is 0 Å². The predicted octanol–water partition coefficient (Wildman–Crippen LogP) is 8.00. The number of carbonyl (C=O) groups excluding carboxylic acids is 4. The van der Waals surface area contributed by atoms with Gasteiger partial charge in [0.2, 0.25) is 11.8 Å². The van der Waals surface area contributed by atoms with Gasteiger partial charge in [-0.25, -0.2) is 4.90 Å². The molecule has 2 heterocycles. The third-order valence-electron chi connectivity index (χ3n) is 7.02. The van der Waals surface area contributed by atoms with Crippen molar-refractivity contribution in [1.82, 2.24) is 5.32 Å². The molecular weight excluding hydrogens is 631 g/mol. The average molecular weight is 658 g/mol. The van der Waals surface area contributed by atoms with Crippen LogP contribution in [0.4, 0.5) is 22.7 Å². The van der Waals surface area contributed by atoms with Crippen molar-refractivity contribution in [3.63, 3.8) is 0 Å². The van der Waals surface area contributed by atoms with Crippen LogP contribution in [0.25, 0.3) is 6.08 Å². The van der Waals surface area contributed by atoms with Crippen molar-refractivity contribution in [2.75, 3.05) is 10.2 Å². The second-order valence-corrected chi connectivity index (χ2v) is 12.4. The van der Waals surface area contributed by atoms with Crippen LogP contribution in [0.2, 0.25) is 0 Å². The summed E-state index contributed by atoms with van der Waals surface area (Å²) in [7, 11) is 0. The van der Waals surface area contributed by atoms with Gasteiger partial charge in [-0.15, -0.1) is 11.8 Å². The molecule has 1 unspecified atom stereocenters. The molecule has 0 aliphatic carbocycles. The molecule has 0 spiro atoms. The van der Waals surface area contributed by atoms with Gasteiger partial charge in [-0.2, -0.15) is 21.6 Å². The second-order valence-electron chi connectivity index (χ2n) is 10.3. The molecule has 1 aliphatic rings. The van der Waals surface area contributed by atoms with Gasteiger partial charge >= 0.3 is 0 Å². The third-order valence-corrected chi connectivity index (χ3v) is 8.92. The summed E-state index contributed by atoms with van der Waals surface area (Å²) < 4.78 is 0. The van der Waals surface area contributed by atoms with Crippen LogP contribution in [-0.2, 0) is 14.4 Å². The molecule has 232 valence electrons. The van der Waals surface area contributed by atoms with E-state index in [2.05, 4.69) is 20.9 Å². The number of rotatable bonds is 10. The highest BCUT2D eigenvalue weighted by molar-refractivity contribution is 8.00. The smallest absolute Gasteiger partial charge is 0.272 e. The number of amides is 4. The molecule has 0 bridgehead atoms. The van der Waals surface area contributed by atoms with E-state index >= 15 is 0 Å². The Bertz CT molecular complexity index is 1940. The van der Waals surface area contributed by atoms with Gasteiger partial charge < -0.3 is 10.6 Å². The van der Waals surface area contributed by atoms with Crippen LogP contribution < -0.4 is 15.5 Å². The summed E-state index contributed by atoms with van der Waals surface area (Å²) in [6.45, 7) is 0. The standard InChI is InChI=1S/C36H27N5O4S2/c42-33-22-32(36(45)41(33)29-15-11-28(12-16-29)40-39-27-9-5-2-6-10-27)47-30-17-13-26(14-18-30)37-35(44)31(21-24-19-20-46-23-24)38-34(43)25-7-3-1-4-8-25/h1-21,23,32H,22H2,(H,37,44)(H,38,43)/b31-21-,40-39?. The maximum atomic E-state index is 13.3. The van der Waals surface area contributed by atoms with E-state index in [1.54, 1.807) is 78.9 Å². The molecule has 1 atom stereocenters. The van der Waals surface area contributed by atoms with E-state index < -0.39 is 17.1 Å². The van der Waals surface area contributed by atoms with Crippen LogP contribution in [0.5, 0.6) is 0 Å². The highest BCUT2D eigenvalue weighted by atomic mass is 32.2. The molecule has 4 aromatic carbocycles. The van der Waals surface area contributed by atoms with Gasteiger partial charge in [0.1, 0.15) is 5.70 Å². The minimum Gasteiger partial charge on any atom is -0.321 e. The van der Waals surface area contributed by atoms with Crippen LogP contribution in [-0.4, -0.2) is 28.9 Å². The van der Waals surface area contributed by atoms with E-state index in [0.29, 0.717) is 22.6 Å². The van der Waals surface area contributed by atoms with Gasteiger partial charge in [-0.3, -0.25) is 19.2 Å². The lowest BCUT2D eigenvalue weighted by Gasteiger charge is -2.15. The molecule has 1 aliphatic heterocycles. The minimum absolute atomic E-state index is 0.0648. The van der Waals surface area contributed by atoms with E-state index in [-0.39, 0.29) is 23.9 Å². The Morgan fingerprint density at radius 3 is 2.13 bits per heavy atom. The summed E-state index contributed by atoms with van der Waals surface area (Å²) in [6.07, 6.45) is 1.68. The molecule has 1 fully saturated rings. The summed E-state index contributed by atoms with van der Waals surface area (Å²) in [4.78, 5) is 54.2. The quantitative estimate of drug-likeness (QED) is 0.0896. The van der Waals surface area contributed by atoms with Gasteiger partial charge in [-0.05, 0) is 101 Å². The fraction of sp³-hybridized carbons (Fsp3) is 0.0556. The molecular formula is C36H27N5O4S2. The Morgan fingerprint density at radius 2 is 1.47 bits per heavy atom. The van der Waals surface area contributed by atoms with E-state index in [0.717, 1.165) is 16.1 Å². The molecule has 0 saturated carbocycles. The van der Waals surface area contributed by atoms with Crippen molar-refractivity contribution in [3.05, 3.63) is 143 Å². The zero-order valence-electron chi connectivity index (χ0n) is 24.8. The number of thiophene rings is 1. The fourth-order valence-electron chi connectivity index (χ4n) is 4.69. The monoisotopic (exact) mass is 657 g/mol. The molecule has 6 rings (SSSR count). The van der Waals surface area contributed by atoms with Crippen molar-refractivity contribution in [1.29, 1.82) is 0 Å². The summed E-state index contributed by atoms with van der Waals surface area (Å²) in [5.41, 5.74) is 3.61. The fourth-order valence-corrected chi connectivity index (χ4v) is 6.36. The highest BCUT2D eigenvalue weighted by Crippen LogP contribution is 2.35. The van der Waals surface area contributed by atoms with E-state index in [4.69, 9.17) is 0 Å². The summed E-state index contributed by atoms with van der Waals surface area (Å²) in [5, 5.41) is 17.1. The van der Waals surface area contributed by atoms with Crippen molar-refractivity contribution >= 4 is 75.6 Å². The van der Waals surface area contributed by atoms with Gasteiger partial charge in [0.25, 0.3) is 11.8 Å². The number of benzene rings is 4. The zero-order valence-corrected chi connectivity index (χ0v) is 26.4. The number of imide groups is 1. The lowest BCUT2D eigenvalue weighted by atomic mass is 10.2. The topological polar surface area (TPSA) is 120 Å². The van der Waals surface area contributed by atoms with Crippen LogP contribution in [0.1, 0.15) is 22.3 Å². The van der Waals surface area contributed by atoms with Crippen LogP contribution >= 0.6 is 23.1 Å². The molecule has 5 aromatic rings. The normalized spacial score (nSPS) is 14.9. The SMILES string of the molecule is O=C(Nc1ccc(SC2CC(=O)N(c3ccc(N=Nc4ccccc4)cc3)C2=O)cc1)/C(=C/c1ccsc1)NC(=O)c1ccccc1. The lowest BCUT2D eigenvalue weighted by Crippen LogP contribution is -2.31. The summed E-state index contributed by atoms with van der Waals surface area (Å²) in [5.74, 6) is -1.46. The molecule has 47 heavy (non-hydrogen) atoms. The molecule has 11 heteroatoms. The number of azo groups is 1. The largest absolute Gasteiger partial charge is 0.321 e. The van der Waals surface area contributed by atoms with Gasteiger partial charge in [0.05, 0.1) is 22.3 Å². The Morgan fingerprint density at radius 1 is 0.809 bits per heavy atom. The van der Waals surface area contributed by atoms with Gasteiger partial charge in [0, 0.05) is 22.6 Å². The third kappa shape index (κ3) is 7.96. The number of nitrogens with zero attached hydrogens (tertiary/aromatic N) is 3. The zero-order chi connectivity index (χ0) is 32.6.